The number of rotatable bonds is 4. The SMILES string of the molecule is COc1ccc(-n2cccc2C=Nc2ccc(C)cc2Br)cc1. The number of hydrogen-bond acceptors (Lipinski definition) is 2. The van der Waals surface area contributed by atoms with E-state index in [0.29, 0.717) is 0 Å². The van der Waals surface area contributed by atoms with Gasteiger partial charge in [0, 0.05) is 16.4 Å². The maximum atomic E-state index is 5.20. The van der Waals surface area contributed by atoms with E-state index < -0.39 is 0 Å². The molecular weight excluding hydrogens is 352 g/mol. The van der Waals surface area contributed by atoms with E-state index in [4.69, 9.17) is 4.74 Å². The fourth-order valence-electron chi connectivity index (χ4n) is 2.33. The number of hydrogen-bond donors (Lipinski definition) is 0. The van der Waals surface area contributed by atoms with Crippen LogP contribution in [0.15, 0.2) is 70.3 Å². The topological polar surface area (TPSA) is 26.5 Å². The van der Waals surface area contributed by atoms with Crippen LogP contribution in [-0.4, -0.2) is 17.9 Å². The summed E-state index contributed by atoms with van der Waals surface area (Å²) in [5.41, 5.74) is 4.21. The highest BCUT2D eigenvalue weighted by atomic mass is 79.9. The summed E-state index contributed by atoms with van der Waals surface area (Å²) in [6, 6.07) is 18.1. The van der Waals surface area contributed by atoms with Gasteiger partial charge in [-0.3, -0.25) is 4.99 Å². The average molecular weight is 369 g/mol. The lowest BCUT2D eigenvalue weighted by Gasteiger charge is -2.07. The number of benzene rings is 2. The minimum absolute atomic E-state index is 0.847. The van der Waals surface area contributed by atoms with Crippen molar-refractivity contribution in [3.8, 4) is 11.4 Å². The van der Waals surface area contributed by atoms with Crippen LogP contribution in [-0.2, 0) is 0 Å². The highest BCUT2D eigenvalue weighted by Gasteiger charge is 2.03. The summed E-state index contributed by atoms with van der Waals surface area (Å²) in [5, 5.41) is 0. The smallest absolute Gasteiger partial charge is 0.119 e. The van der Waals surface area contributed by atoms with Crippen LogP contribution in [0.4, 0.5) is 5.69 Å². The lowest BCUT2D eigenvalue weighted by atomic mass is 10.2. The molecule has 3 aromatic rings. The molecule has 0 radical (unpaired) electrons. The second-order valence-corrected chi connectivity index (χ2v) is 6.07. The Morgan fingerprint density at radius 3 is 2.57 bits per heavy atom. The summed E-state index contributed by atoms with van der Waals surface area (Å²) in [4.78, 5) is 4.59. The van der Waals surface area contributed by atoms with E-state index in [1.807, 2.05) is 54.9 Å². The Morgan fingerprint density at radius 2 is 1.87 bits per heavy atom. The van der Waals surface area contributed by atoms with Gasteiger partial charge in [0.1, 0.15) is 5.75 Å². The quantitative estimate of drug-likeness (QED) is 0.573. The third-order valence-corrected chi connectivity index (χ3v) is 4.21. The molecule has 0 aliphatic heterocycles. The van der Waals surface area contributed by atoms with Gasteiger partial charge in [-0.05, 0) is 76.9 Å². The largest absolute Gasteiger partial charge is 0.497 e. The molecule has 0 bridgehead atoms. The number of halogens is 1. The molecule has 23 heavy (non-hydrogen) atoms. The molecule has 2 aromatic carbocycles. The summed E-state index contributed by atoms with van der Waals surface area (Å²) >= 11 is 3.56. The Bertz CT molecular complexity index is 835. The van der Waals surface area contributed by atoms with Crippen molar-refractivity contribution < 1.29 is 4.74 Å². The molecule has 0 amide bonds. The summed E-state index contributed by atoms with van der Waals surface area (Å²) < 4.78 is 8.29. The molecule has 1 heterocycles. The van der Waals surface area contributed by atoms with E-state index in [0.717, 1.165) is 27.3 Å². The maximum absolute atomic E-state index is 5.20. The summed E-state index contributed by atoms with van der Waals surface area (Å²) in [6.45, 7) is 2.06. The Morgan fingerprint density at radius 1 is 1.09 bits per heavy atom. The monoisotopic (exact) mass is 368 g/mol. The van der Waals surface area contributed by atoms with Gasteiger partial charge in [-0.2, -0.15) is 0 Å². The van der Waals surface area contributed by atoms with Crippen molar-refractivity contribution in [3.63, 3.8) is 0 Å². The van der Waals surface area contributed by atoms with Gasteiger partial charge in [-0.1, -0.05) is 6.07 Å². The fourth-order valence-corrected chi connectivity index (χ4v) is 2.93. The second kappa shape index (κ2) is 6.84. The number of aromatic nitrogens is 1. The lowest BCUT2D eigenvalue weighted by molar-refractivity contribution is 0.415. The van der Waals surface area contributed by atoms with Gasteiger partial charge < -0.3 is 9.30 Å². The summed E-state index contributed by atoms with van der Waals surface area (Å²) in [6.07, 6.45) is 3.90. The minimum Gasteiger partial charge on any atom is -0.497 e. The van der Waals surface area contributed by atoms with Crippen molar-refractivity contribution in [2.75, 3.05) is 7.11 Å². The number of aryl methyl sites for hydroxylation is 1. The fraction of sp³-hybridized carbons (Fsp3) is 0.105. The standard InChI is InChI=1S/C19H17BrN2O/c1-14-5-10-19(18(20)12-14)21-13-16-4-3-11-22(16)15-6-8-17(23-2)9-7-15/h3-13H,1-2H3. The van der Waals surface area contributed by atoms with Gasteiger partial charge in [0.15, 0.2) is 0 Å². The Labute approximate surface area is 144 Å². The number of nitrogens with zero attached hydrogens (tertiary/aromatic N) is 2. The van der Waals surface area contributed by atoms with Crippen LogP contribution in [0.1, 0.15) is 11.3 Å². The summed E-state index contributed by atoms with van der Waals surface area (Å²) in [7, 11) is 1.67. The average Bonchev–Trinajstić information content (AvgIpc) is 3.02. The third kappa shape index (κ3) is 3.54. The lowest BCUT2D eigenvalue weighted by Crippen LogP contribution is -1.97. The second-order valence-electron chi connectivity index (χ2n) is 5.21. The van der Waals surface area contributed by atoms with Crippen molar-refractivity contribution in [2.24, 2.45) is 4.99 Å². The van der Waals surface area contributed by atoms with E-state index in [1.54, 1.807) is 7.11 Å². The molecule has 0 atom stereocenters. The zero-order valence-electron chi connectivity index (χ0n) is 13.0. The first-order valence-electron chi connectivity index (χ1n) is 7.29. The van der Waals surface area contributed by atoms with Crippen molar-refractivity contribution >= 4 is 27.8 Å². The Kier molecular flexibility index (Phi) is 4.63. The molecule has 0 fully saturated rings. The molecule has 1 aromatic heterocycles. The van der Waals surface area contributed by atoms with Gasteiger partial charge >= 0.3 is 0 Å². The summed E-state index contributed by atoms with van der Waals surface area (Å²) in [5.74, 6) is 0.847. The van der Waals surface area contributed by atoms with Crippen LogP contribution < -0.4 is 4.74 Å². The minimum atomic E-state index is 0.847. The molecule has 3 rings (SSSR count). The molecule has 0 N–H and O–H groups in total. The van der Waals surface area contributed by atoms with Gasteiger partial charge in [-0.25, -0.2) is 0 Å². The Balaban J connectivity index is 1.89. The molecular formula is C19H17BrN2O. The molecule has 0 aliphatic carbocycles. The predicted molar refractivity (Wildman–Crippen MR) is 98.5 cm³/mol. The number of aliphatic imine (C=N–C) groups is 1. The molecule has 0 saturated heterocycles. The van der Waals surface area contributed by atoms with Crippen LogP contribution in [0, 0.1) is 6.92 Å². The first-order chi connectivity index (χ1) is 11.2. The molecule has 0 saturated carbocycles. The van der Waals surface area contributed by atoms with Gasteiger partial charge in [0.05, 0.1) is 24.7 Å². The van der Waals surface area contributed by atoms with Crippen molar-refractivity contribution in [1.29, 1.82) is 0 Å². The number of methoxy groups -OCH3 is 1. The van der Waals surface area contributed by atoms with E-state index in [-0.39, 0.29) is 0 Å². The first-order valence-corrected chi connectivity index (χ1v) is 8.08. The molecule has 0 unspecified atom stereocenters. The van der Waals surface area contributed by atoms with E-state index >= 15 is 0 Å². The van der Waals surface area contributed by atoms with Crippen LogP contribution in [0.25, 0.3) is 5.69 Å². The van der Waals surface area contributed by atoms with Crippen LogP contribution in [0.3, 0.4) is 0 Å². The van der Waals surface area contributed by atoms with E-state index in [1.165, 1.54) is 5.56 Å². The van der Waals surface area contributed by atoms with E-state index in [9.17, 15) is 0 Å². The molecule has 116 valence electrons. The highest BCUT2D eigenvalue weighted by Crippen LogP contribution is 2.26. The van der Waals surface area contributed by atoms with Gasteiger partial charge in [0.2, 0.25) is 0 Å². The normalized spacial score (nSPS) is 11.1. The predicted octanol–water partition coefficient (Wildman–Crippen LogP) is 5.31. The zero-order chi connectivity index (χ0) is 16.2. The van der Waals surface area contributed by atoms with Gasteiger partial charge in [0.25, 0.3) is 0 Å². The van der Waals surface area contributed by atoms with Crippen LogP contribution >= 0.6 is 15.9 Å². The van der Waals surface area contributed by atoms with E-state index in [2.05, 4.69) is 44.5 Å². The maximum Gasteiger partial charge on any atom is 0.119 e. The highest BCUT2D eigenvalue weighted by molar-refractivity contribution is 9.10. The van der Waals surface area contributed by atoms with Crippen molar-refractivity contribution in [2.45, 2.75) is 6.92 Å². The van der Waals surface area contributed by atoms with Crippen molar-refractivity contribution in [3.05, 3.63) is 76.5 Å². The van der Waals surface area contributed by atoms with Crippen LogP contribution in [0.5, 0.6) is 5.75 Å². The molecule has 0 aliphatic rings. The molecule has 3 nitrogen and oxygen atoms in total. The molecule has 4 heteroatoms. The third-order valence-electron chi connectivity index (χ3n) is 3.57. The van der Waals surface area contributed by atoms with Crippen molar-refractivity contribution in [1.82, 2.24) is 4.57 Å². The Hall–Kier alpha value is -2.33. The van der Waals surface area contributed by atoms with Gasteiger partial charge in [-0.15, -0.1) is 0 Å². The number of ether oxygens (including phenoxy) is 1. The van der Waals surface area contributed by atoms with Crippen LogP contribution in [0.2, 0.25) is 0 Å². The zero-order valence-corrected chi connectivity index (χ0v) is 14.6. The molecule has 0 spiro atoms. The first kappa shape index (κ1) is 15.6.